The number of Topliss-reactive ketones (excluding diaryl/α,β-unsaturated/α-hetero) is 1. The Bertz CT molecular complexity index is 750. The molecule has 2 nitrogen and oxygen atoms in total. The van der Waals surface area contributed by atoms with Crippen LogP contribution in [0.1, 0.15) is 57.9 Å². The van der Waals surface area contributed by atoms with Crippen molar-refractivity contribution < 1.29 is 4.79 Å². The topological polar surface area (TPSA) is 29.4 Å². The first-order valence-electron chi connectivity index (χ1n) is 9.87. The number of rotatable bonds is 7. The molecule has 0 heterocycles. The normalized spacial score (nSPS) is 23.4. The lowest BCUT2D eigenvalue weighted by atomic mass is 9.73. The highest BCUT2D eigenvalue weighted by Gasteiger charge is 2.48. The maximum atomic E-state index is 13.6. The lowest BCUT2D eigenvalue weighted by Gasteiger charge is -2.29. The van der Waals surface area contributed by atoms with Crippen LogP contribution in [0, 0.1) is 5.92 Å². The Morgan fingerprint density at radius 2 is 1.69 bits per heavy atom. The van der Waals surface area contributed by atoms with Gasteiger partial charge in [-0.25, -0.2) is 0 Å². The second kappa shape index (κ2) is 8.44. The number of aliphatic imine (C=N–C) groups is 1. The predicted octanol–water partition coefficient (Wildman–Crippen LogP) is 6.28. The minimum atomic E-state index is -0.325. The summed E-state index contributed by atoms with van der Waals surface area (Å²) in [5, 5.41) is 0. The fourth-order valence-corrected chi connectivity index (χ4v) is 4.27. The third kappa shape index (κ3) is 3.80. The SMILES string of the molecule is CCCCCC1(c2ccccc2)CCC(C(C)=Nc2ccccc2)C1=O. The maximum absolute atomic E-state index is 13.6. The Balaban J connectivity index is 1.88. The number of nitrogens with zero attached hydrogens (tertiary/aromatic N) is 1. The zero-order chi connectivity index (χ0) is 18.4. The first-order chi connectivity index (χ1) is 12.7. The number of hydrogen-bond donors (Lipinski definition) is 0. The Morgan fingerprint density at radius 3 is 2.35 bits per heavy atom. The molecule has 2 heteroatoms. The van der Waals surface area contributed by atoms with Crippen LogP contribution in [0.2, 0.25) is 0 Å². The molecule has 0 aliphatic heterocycles. The smallest absolute Gasteiger partial charge is 0.152 e. The van der Waals surface area contributed by atoms with Crippen molar-refractivity contribution in [3.8, 4) is 0 Å². The second-order valence-corrected chi connectivity index (χ2v) is 7.45. The second-order valence-electron chi connectivity index (χ2n) is 7.45. The van der Waals surface area contributed by atoms with Crippen molar-refractivity contribution in [2.45, 2.75) is 57.8 Å². The standard InChI is InChI=1S/C24H29NO/c1-3-4-11-17-24(20-12-7-5-8-13-20)18-16-22(23(24)26)19(2)25-21-14-9-6-10-15-21/h5-10,12-15,22H,3-4,11,16-18H2,1-2H3. The Kier molecular flexibility index (Phi) is 6.03. The van der Waals surface area contributed by atoms with E-state index < -0.39 is 0 Å². The average Bonchev–Trinajstić information content (AvgIpc) is 3.01. The molecule has 0 saturated heterocycles. The highest BCUT2D eigenvalue weighted by Crippen LogP contribution is 2.45. The van der Waals surface area contributed by atoms with Crippen molar-refractivity contribution in [3.63, 3.8) is 0 Å². The van der Waals surface area contributed by atoms with Crippen LogP contribution in [0.5, 0.6) is 0 Å². The Hall–Kier alpha value is -2.22. The van der Waals surface area contributed by atoms with Crippen molar-refractivity contribution in [1.29, 1.82) is 0 Å². The number of benzene rings is 2. The van der Waals surface area contributed by atoms with Crippen molar-refractivity contribution in [2.24, 2.45) is 10.9 Å². The minimum Gasteiger partial charge on any atom is -0.298 e. The molecule has 0 radical (unpaired) electrons. The van der Waals surface area contributed by atoms with Gasteiger partial charge >= 0.3 is 0 Å². The van der Waals surface area contributed by atoms with Crippen LogP contribution in [-0.2, 0) is 10.2 Å². The molecule has 2 aromatic rings. The molecule has 1 fully saturated rings. The van der Waals surface area contributed by atoms with Gasteiger partial charge in [-0.1, -0.05) is 74.7 Å². The highest BCUT2D eigenvalue weighted by molar-refractivity contribution is 6.10. The number of unbranched alkanes of at least 4 members (excludes halogenated alkanes) is 2. The molecule has 1 saturated carbocycles. The number of carbonyl (C=O) groups is 1. The van der Waals surface area contributed by atoms with Crippen LogP contribution in [-0.4, -0.2) is 11.5 Å². The minimum absolute atomic E-state index is 0.0583. The molecule has 0 spiro atoms. The number of hydrogen-bond acceptors (Lipinski definition) is 2. The van der Waals surface area contributed by atoms with Crippen LogP contribution in [0.3, 0.4) is 0 Å². The molecule has 1 aliphatic carbocycles. The van der Waals surface area contributed by atoms with E-state index in [-0.39, 0.29) is 11.3 Å². The fraction of sp³-hybridized carbons (Fsp3) is 0.417. The summed E-state index contributed by atoms with van der Waals surface area (Å²) >= 11 is 0. The largest absolute Gasteiger partial charge is 0.298 e. The van der Waals surface area contributed by atoms with Gasteiger partial charge in [-0.3, -0.25) is 9.79 Å². The van der Waals surface area contributed by atoms with Gasteiger partial charge in [-0.15, -0.1) is 0 Å². The third-order valence-corrected chi connectivity index (χ3v) is 5.75. The quantitative estimate of drug-likeness (QED) is 0.428. The molecule has 2 atom stereocenters. The molecule has 2 aromatic carbocycles. The molecular formula is C24H29NO. The highest BCUT2D eigenvalue weighted by atomic mass is 16.1. The van der Waals surface area contributed by atoms with Crippen molar-refractivity contribution in [1.82, 2.24) is 0 Å². The van der Waals surface area contributed by atoms with Crippen LogP contribution in [0.25, 0.3) is 0 Å². The summed E-state index contributed by atoms with van der Waals surface area (Å²) < 4.78 is 0. The third-order valence-electron chi connectivity index (χ3n) is 5.75. The van der Waals surface area contributed by atoms with E-state index in [2.05, 4.69) is 31.2 Å². The van der Waals surface area contributed by atoms with E-state index in [4.69, 9.17) is 4.99 Å². The fourth-order valence-electron chi connectivity index (χ4n) is 4.27. The molecule has 26 heavy (non-hydrogen) atoms. The molecule has 1 aliphatic rings. The Labute approximate surface area is 157 Å². The molecule has 3 rings (SSSR count). The first kappa shape index (κ1) is 18.6. The van der Waals surface area contributed by atoms with E-state index in [0.29, 0.717) is 5.78 Å². The summed E-state index contributed by atoms with van der Waals surface area (Å²) in [5.41, 5.74) is 2.75. The van der Waals surface area contributed by atoms with E-state index in [9.17, 15) is 4.79 Å². The summed E-state index contributed by atoms with van der Waals surface area (Å²) in [7, 11) is 0. The van der Waals surface area contributed by atoms with E-state index in [1.165, 1.54) is 18.4 Å². The molecule has 2 unspecified atom stereocenters. The van der Waals surface area contributed by atoms with Crippen molar-refractivity contribution in [3.05, 3.63) is 66.2 Å². The van der Waals surface area contributed by atoms with Gasteiger partial charge in [0.2, 0.25) is 0 Å². The van der Waals surface area contributed by atoms with E-state index >= 15 is 0 Å². The van der Waals surface area contributed by atoms with Gasteiger partial charge in [-0.05, 0) is 43.9 Å². The first-order valence-corrected chi connectivity index (χ1v) is 9.87. The van der Waals surface area contributed by atoms with E-state index in [1.807, 2.05) is 43.3 Å². The van der Waals surface area contributed by atoms with Gasteiger partial charge in [0.1, 0.15) is 0 Å². The van der Waals surface area contributed by atoms with Crippen LogP contribution in [0.15, 0.2) is 65.7 Å². The van der Waals surface area contributed by atoms with Gasteiger partial charge in [0.25, 0.3) is 0 Å². The van der Waals surface area contributed by atoms with Crippen LogP contribution < -0.4 is 0 Å². The number of ketones is 1. The van der Waals surface area contributed by atoms with Crippen molar-refractivity contribution in [2.75, 3.05) is 0 Å². The van der Waals surface area contributed by atoms with Crippen molar-refractivity contribution >= 4 is 17.2 Å². The summed E-state index contributed by atoms with van der Waals surface area (Å²) in [6, 6.07) is 20.4. The van der Waals surface area contributed by atoms with Gasteiger partial charge in [0.15, 0.2) is 5.78 Å². The summed E-state index contributed by atoms with van der Waals surface area (Å²) in [4.78, 5) is 18.3. The summed E-state index contributed by atoms with van der Waals surface area (Å²) in [6.45, 7) is 4.23. The van der Waals surface area contributed by atoms with Gasteiger partial charge in [0, 0.05) is 5.71 Å². The van der Waals surface area contributed by atoms with Gasteiger partial charge < -0.3 is 0 Å². The zero-order valence-electron chi connectivity index (χ0n) is 15.9. The zero-order valence-corrected chi connectivity index (χ0v) is 15.9. The molecular weight excluding hydrogens is 318 g/mol. The lowest BCUT2D eigenvalue weighted by molar-refractivity contribution is -0.124. The molecule has 0 bridgehead atoms. The molecule has 136 valence electrons. The van der Waals surface area contributed by atoms with Crippen LogP contribution in [0.4, 0.5) is 5.69 Å². The van der Waals surface area contributed by atoms with Crippen LogP contribution >= 0.6 is 0 Å². The predicted molar refractivity (Wildman–Crippen MR) is 109 cm³/mol. The van der Waals surface area contributed by atoms with E-state index in [0.717, 1.165) is 37.1 Å². The average molecular weight is 348 g/mol. The Morgan fingerprint density at radius 1 is 1.04 bits per heavy atom. The monoisotopic (exact) mass is 347 g/mol. The molecule has 0 aromatic heterocycles. The molecule has 0 N–H and O–H groups in total. The number of carbonyl (C=O) groups excluding carboxylic acids is 1. The summed E-state index contributed by atoms with van der Waals surface area (Å²) in [5.74, 6) is 0.314. The molecule has 0 amide bonds. The van der Waals surface area contributed by atoms with E-state index in [1.54, 1.807) is 0 Å². The lowest BCUT2D eigenvalue weighted by Crippen LogP contribution is -2.35. The maximum Gasteiger partial charge on any atom is 0.152 e. The summed E-state index contributed by atoms with van der Waals surface area (Å²) in [6.07, 6.45) is 6.27. The van der Waals surface area contributed by atoms with Gasteiger partial charge in [0.05, 0.1) is 17.0 Å². The van der Waals surface area contributed by atoms with Gasteiger partial charge in [-0.2, -0.15) is 0 Å². The number of para-hydroxylation sites is 1.